The van der Waals surface area contributed by atoms with Gasteiger partial charge in [-0.1, -0.05) is 13.3 Å². The molecule has 0 bridgehead atoms. The van der Waals surface area contributed by atoms with Crippen molar-refractivity contribution in [1.29, 1.82) is 10.5 Å². The summed E-state index contributed by atoms with van der Waals surface area (Å²) < 4.78 is 0. The van der Waals surface area contributed by atoms with Crippen LogP contribution in [0.25, 0.3) is 0 Å². The number of hydrogen-bond acceptors (Lipinski definition) is 2. The first kappa shape index (κ1) is 10.1. The fourth-order valence-corrected chi connectivity index (χ4v) is 2.49. The zero-order valence-electron chi connectivity index (χ0n) is 8.16. The van der Waals surface area contributed by atoms with Crippen LogP contribution < -0.4 is 0 Å². The molecule has 0 N–H and O–H groups in total. The van der Waals surface area contributed by atoms with Gasteiger partial charge in [-0.05, 0) is 31.1 Å². The Balaban J connectivity index is 2.53. The molecule has 1 saturated carbocycles. The van der Waals surface area contributed by atoms with Crippen LogP contribution in [-0.2, 0) is 0 Å². The third-order valence-corrected chi connectivity index (χ3v) is 3.25. The normalized spacial score (nSPS) is 32.4. The summed E-state index contributed by atoms with van der Waals surface area (Å²) in [5.74, 6) is 1.41. The first-order valence-electron chi connectivity index (χ1n) is 5.10. The lowest BCUT2D eigenvalue weighted by atomic mass is 9.85. The van der Waals surface area contributed by atoms with Crippen LogP contribution in [0.3, 0.4) is 0 Å². The quantitative estimate of drug-likeness (QED) is 0.663. The Kier molecular flexibility index (Phi) is 3.77. The van der Waals surface area contributed by atoms with Crippen molar-refractivity contribution in [1.82, 2.24) is 0 Å². The topological polar surface area (TPSA) is 47.6 Å². The van der Waals surface area contributed by atoms with Gasteiger partial charge in [0.25, 0.3) is 0 Å². The van der Waals surface area contributed by atoms with Gasteiger partial charge >= 0.3 is 0 Å². The average molecular weight is 176 g/mol. The summed E-state index contributed by atoms with van der Waals surface area (Å²) in [6.45, 7) is 2.18. The molecule has 13 heavy (non-hydrogen) atoms. The second kappa shape index (κ2) is 4.87. The van der Waals surface area contributed by atoms with Crippen molar-refractivity contribution in [2.45, 2.75) is 39.0 Å². The lowest BCUT2D eigenvalue weighted by Gasteiger charge is -2.18. The average Bonchev–Trinajstić information content (AvgIpc) is 2.56. The maximum Gasteiger partial charge on any atom is 0.0658 e. The third-order valence-electron chi connectivity index (χ3n) is 3.25. The van der Waals surface area contributed by atoms with E-state index in [0.717, 1.165) is 19.3 Å². The van der Waals surface area contributed by atoms with Crippen LogP contribution in [0.1, 0.15) is 39.0 Å². The van der Waals surface area contributed by atoms with Crippen molar-refractivity contribution >= 4 is 0 Å². The van der Waals surface area contributed by atoms with Gasteiger partial charge in [0.15, 0.2) is 0 Å². The van der Waals surface area contributed by atoms with Gasteiger partial charge in [-0.15, -0.1) is 0 Å². The SMILES string of the molecule is CCC1CCC(C#N)C1CCC#N. The molecule has 1 aliphatic rings. The van der Waals surface area contributed by atoms with E-state index in [1.54, 1.807) is 0 Å². The highest BCUT2D eigenvalue weighted by Gasteiger charge is 2.34. The van der Waals surface area contributed by atoms with Gasteiger partial charge in [0.05, 0.1) is 12.1 Å². The zero-order valence-corrected chi connectivity index (χ0v) is 8.16. The summed E-state index contributed by atoms with van der Waals surface area (Å²) in [6, 6.07) is 4.55. The minimum Gasteiger partial charge on any atom is -0.198 e. The van der Waals surface area contributed by atoms with E-state index >= 15 is 0 Å². The number of nitrogens with zero attached hydrogens (tertiary/aromatic N) is 2. The standard InChI is InChI=1S/C11H16N2/c1-2-9-5-6-10(8-13)11(9)4-3-7-12/h9-11H,2-6H2,1H3. The molecule has 1 rings (SSSR count). The Bertz CT molecular complexity index is 233. The summed E-state index contributed by atoms with van der Waals surface area (Å²) in [7, 11) is 0. The van der Waals surface area contributed by atoms with Gasteiger partial charge in [-0.2, -0.15) is 10.5 Å². The molecular weight excluding hydrogens is 160 g/mol. The largest absolute Gasteiger partial charge is 0.198 e. The van der Waals surface area contributed by atoms with E-state index in [1.807, 2.05) is 0 Å². The summed E-state index contributed by atoms with van der Waals surface area (Å²) in [4.78, 5) is 0. The van der Waals surface area contributed by atoms with E-state index in [1.165, 1.54) is 6.42 Å². The van der Waals surface area contributed by atoms with E-state index < -0.39 is 0 Å². The lowest BCUT2D eigenvalue weighted by Crippen LogP contribution is -2.13. The van der Waals surface area contributed by atoms with Crippen LogP contribution in [0.5, 0.6) is 0 Å². The lowest BCUT2D eigenvalue weighted by molar-refractivity contribution is 0.324. The number of hydrogen-bond donors (Lipinski definition) is 0. The molecule has 0 aromatic rings. The molecule has 0 saturated heterocycles. The molecule has 0 amide bonds. The molecule has 1 aliphatic carbocycles. The first-order valence-corrected chi connectivity index (χ1v) is 5.10. The van der Waals surface area contributed by atoms with Crippen LogP contribution in [0.15, 0.2) is 0 Å². The summed E-state index contributed by atoms with van der Waals surface area (Å²) in [6.07, 6.45) is 4.93. The Morgan fingerprint density at radius 3 is 2.62 bits per heavy atom. The predicted octanol–water partition coefficient (Wildman–Crippen LogP) is 2.87. The van der Waals surface area contributed by atoms with E-state index in [4.69, 9.17) is 10.5 Å². The molecular formula is C11H16N2. The van der Waals surface area contributed by atoms with Crippen LogP contribution in [0, 0.1) is 40.4 Å². The van der Waals surface area contributed by atoms with Crippen molar-refractivity contribution in [3.05, 3.63) is 0 Å². The number of nitriles is 2. The molecule has 2 nitrogen and oxygen atoms in total. The van der Waals surface area contributed by atoms with Crippen LogP contribution >= 0.6 is 0 Å². The monoisotopic (exact) mass is 176 g/mol. The molecule has 0 spiro atoms. The second-order valence-electron chi connectivity index (χ2n) is 3.84. The Hall–Kier alpha value is -1.02. The number of rotatable bonds is 3. The minimum absolute atomic E-state index is 0.221. The first-order chi connectivity index (χ1) is 6.33. The molecule has 0 heterocycles. The molecule has 0 aromatic heterocycles. The highest BCUT2D eigenvalue weighted by molar-refractivity contribution is 4.96. The fraction of sp³-hybridized carbons (Fsp3) is 0.818. The van der Waals surface area contributed by atoms with Gasteiger partial charge in [-0.25, -0.2) is 0 Å². The van der Waals surface area contributed by atoms with Crippen molar-refractivity contribution in [2.24, 2.45) is 17.8 Å². The van der Waals surface area contributed by atoms with Crippen LogP contribution in [0.2, 0.25) is 0 Å². The highest BCUT2D eigenvalue weighted by atomic mass is 14.4. The van der Waals surface area contributed by atoms with Gasteiger partial charge in [-0.3, -0.25) is 0 Å². The second-order valence-corrected chi connectivity index (χ2v) is 3.84. The minimum atomic E-state index is 0.221. The zero-order chi connectivity index (χ0) is 9.68. The Morgan fingerprint density at radius 2 is 2.08 bits per heavy atom. The van der Waals surface area contributed by atoms with Gasteiger partial charge < -0.3 is 0 Å². The van der Waals surface area contributed by atoms with Crippen molar-refractivity contribution in [3.8, 4) is 12.1 Å². The molecule has 2 heteroatoms. The van der Waals surface area contributed by atoms with Crippen molar-refractivity contribution < 1.29 is 0 Å². The Morgan fingerprint density at radius 1 is 1.31 bits per heavy atom. The van der Waals surface area contributed by atoms with Gasteiger partial charge in [0, 0.05) is 12.3 Å². The maximum atomic E-state index is 8.92. The van der Waals surface area contributed by atoms with Gasteiger partial charge in [0.1, 0.15) is 0 Å². The maximum absolute atomic E-state index is 8.92. The van der Waals surface area contributed by atoms with E-state index in [0.29, 0.717) is 18.3 Å². The summed E-state index contributed by atoms with van der Waals surface area (Å²) in [5.41, 5.74) is 0. The van der Waals surface area contributed by atoms with E-state index in [-0.39, 0.29) is 5.92 Å². The summed E-state index contributed by atoms with van der Waals surface area (Å²) >= 11 is 0. The molecule has 1 fully saturated rings. The molecule has 70 valence electrons. The molecule has 0 aliphatic heterocycles. The fourth-order valence-electron chi connectivity index (χ4n) is 2.49. The van der Waals surface area contributed by atoms with Crippen LogP contribution in [-0.4, -0.2) is 0 Å². The third kappa shape index (κ3) is 2.22. The molecule has 0 radical (unpaired) electrons. The molecule has 0 aromatic carbocycles. The van der Waals surface area contributed by atoms with E-state index in [2.05, 4.69) is 19.1 Å². The van der Waals surface area contributed by atoms with Gasteiger partial charge in [0.2, 0.25) is 0 Å². The smallest absolute Gasteiger partial charge is 0.0658 e. The van der Waals surface area contributed by atoms with Crippen LogP contribution in [0.4, 0.5) is 0 Å². The van der Waals surface area contributed by atoms with E-state index in [9.17, 15) is 0 Å². The molecule has 3 unspecified atom stereocenters. The Labute approximate surface area is 80.2 Å². The van der Waals surface area contributed by atoms with Crippen molar-refractivity contribution in [2.75, 3.05) is 0 Å². The summed E-state index contributed by atoms with van der Waals surface area (Å²) in [5, 5.41) is 17.4. The molecule has 3 atom stereocenters. The predicted molar refractivity (Wildman–Crippen MR) is 50.5 cm³/mol. The van der Waals surface area contributed by atoms with Crippen molar-refractivity contribution in [3.63, 3.8) is 0 Å². The highest BCUT2D eigenvalue weighted by Crippen LogP contribution is 2.41.